The first kappa shape index (κ1) is 20.7. The molecule has 0 aromatic heterocycles. The average molecular weight is 427 g/mol. The third-order valence-corrected chi connectivity index (χ3v) is 7.05. The minimum Gasteiger partial charge on any atom is -0.492 e. The molecule has 6 nitrogen and oxygen atoms in total. The minimum atomic E-state index is -3.57. The summed E-state index contributed by atoms with van der Waals surface area (Å²) in [6, 6.07) is 19.5. The monoisotopic (exact) mass is 426 g/mol. The second kappa shape index (κ2) is 9.04. The van der Waals surface area contributed by atoms with Crippen molar-refractivity contribution in [2.75, 3.05) is 38.2 Å². The Morgan fingerprint density at radius 3 is 2.53 bits per heavy atom. The summed E-state index contributed by atoms with van der Waals surface area (Å²) in [4.78, 5) is 0.258. The van der Waals surface area contributed by atoms with Crippen LogP contribution < -0.4 is 10.1 Å². The predicted molar refractivity (Wildman–Crippen MR) is 118 cm³/mol. The summed E-state index contributed by atoms with van der Waals surface area (Å²) in [5.74, 6) is 0.638. The maximum Gasteiger partial charge on any atom is 0.243 e. The van der Waals surface area contributed by atoms with Crippen molar-refractivity contribution in [1.29, 1.82) is 0 Å². The summed E-state index contributed by atoms with van der Waals surface area (Å²) >= 11 is 0. The van der Waals surface area contributed by atoms with Crippen molar-refractivity contribution in [3.63, 3.8) is 0 Å². The van der Waals surface area contributed by atoms with Gasteiger partial charge in [0.25, 0.3) is 0 Å². The lowest BCUT2D eigenvalue weighted by Crippen LogP contribution is -2.40. The van der Waals surface area contributed by atoms with Gasteiger partial charge in [0, 0.05) is 19.6 Å². The zero-order chi connectivity index (χ0) is 21.0. The Labute approximate surface area is 177 Å². The van der Waals surface area contributed by atoms with Crippen LogP contribution in [0.2, 0.25) is 0 Å². The summed E-state index contributed by atoms with van der Waals surface area (Å²) in [6.45, 7) is 4.55. The fourth-order valence-corrected chi connectivity index (χ4v) is 5.01. The van der Waals surface area contributed by atoms with E-state index in [1.54, 1.807) is 18.2 Å². The van der Waals surface area contributed by atoms with Crippen LogP contribution in [-0.2, 0) is 21.3 Å². The molecular formula is C23H26N2O4S. The lowest BCUT2D eigenvalue weighted by atomic mass is 10.1. The number of anilines is 1. The first-order valence-electron chi connectivity index (χ1n) is 10.1. The topological polar surface area (TPSA) is 67.9 Å². The molecule has 3 aromatic carbocycles. The molecule has 3 aromatic rings. The summed E-state index contributed by atoms with van der Waals surface area (Å²) in [5.41, 5.74) is 1.77. The van der Waals surface area contributed by atoms with E-state index in [2.05, 4.69) is 35.6 Å². The van der Waals surface area contributed by atoms with Crippen LogP contribution in [0.3, 0.4) is 0 Å². The van der Waals surface area contributed by atoms with Crippen molar-refractivity contribution in [3.8, 4) is 5.75 Å². The number of hydrogen-bond donors (Lipinski definition) is 1. The number of rotatable bonds is 7. The lowest BCUT2D eigenvalue weighted by Gasteiger charge is -2.26. The highest BCUT2D eigenvalue weighted by Gasteiger charge is 2.27. The van der Waals surface area contributed by atoms with E-state index in [9.17, 15) is 8.42 Å². The van der Waals surface area contributed by atoms with Crippen LogP contribution in [0.4, 0.5) is 5.69 Å². The Morgan fingerprint density at radius 2 is 1.77 bits per heavy atom. The van der Waals surface area contributed by atoms with Gasteiger partial charge in [0.15, 0.2) is 0 Å². The first-order valence-corrected chi connectivity index (χ1v) is 11.6. The van der Waals surface area contributed by atoms with Crippen molar-refractivity contribution in [3.05, 3.63) is 66.2 Å². The number of nitrogens with zero attached hydrogens (tertiary/aromatic N) is 1. The number of nitrogens with one attached hydrogen (secondary N) is 1. The Balaban J connectivity index is 1.59. The largest absolute Gasteiger partial charge is 0.492 e. The van der Waals surface area contributed by atoms with Gasteiger partial charge < -0.3 is 14.8 Å². The molecular weight excluding hydrogens is 400 g/mol. The van der Waals surface area contributed by atoms with Crippen LogP contribution in [0.15, 0.2) is 65.6 Å². The van der Waals surface area contributed by atoms with Crippen LogP contribution in [0.5, 0.6) is 5.75 Å². The van der Waals surface area contributed by atoms with Gasteiger partial charge in [-0.2, -0.15) is 4.31 Å². The third-order valence-electron chi connectivity index (χ3n) is 5.16. The van der Waals surface area contributed by atoms with Crippen LogP contribution in [0.25, 0.3) is 10.8 Å². The number of morpholine rings is 1. The number of sulfonamides is 1. The highest BCUT2D eigenvalue weighted by molar-refractivity contribution is 7.89. The Bertz CT molecular complexity index is 1130. The van der Waals surface area contributed by atoms with Gasteiger partial charge in [-0.25, -0.2) is 8.42 Å². The highest BCUT2D eigenvalue weighted by atomic mass is 32.2. The van der Waals surface area contributed by atoms with Crippen LogP contribution in [-0.4, -0.2) is 45.6 Å². The SMILES string of the molecule is CCOc1ccc(S(=O)(=O)N2CCOCC2)cc1NCc1ccc2ccccc2c1. The van der Waals surface area contributed by atoms with E-state index in [1.165, 1.54) is 15.1 Å². The highest BCUT2D eigenvalue weighted by Crippen LogP contribution is 2.30. The van der Waals surface area contributed by atoms with E-state index >= 15 is 0 Å². The summed E-state index contributed by atoms with van der Waals surface area (Å²) < 4.78 is 38.5. The molecule has 0 bridgehead atoms. The van der Waals surface area contributed by atoms with Gasteiger partial charge in [-0.05, 0) is 47.5 Å². The van der Waals surface area contributed by atoms with Gasteiger partial charge in [-0.15, -0.1) is 0 Å². The normalized spacial score (nSPS) is 15.2. The number of benzene rings is 3. The molecule has 30 heavy (non-hydrogen) atoms. The molecule has 0 spiro atoms. The molecule has 1 saturated heterocycles. The Kier molecular flexibility index (Phi) is 6.22. The van der Waals surface area contributed by atoms with Crippen molar-refractivity contribution in [2.24, 2.45) is 0 Å². The van der Waals surface area contributed by atoms with E-state index in [0.29, 0.717) is 50.9 Å². The molecule has 4 rings (SSSR count). The molecule has 0 amide bonds. The number of fused-ring (bicyclic) bond motifs is 1. The van der Waals surface area contributed by atoms with E-state index < -0.39 is 10.0 Å². The van der Waals surface area contributed by atoms with E-state index in [1.807, 2.05) is 19.1 Å². The molecule has 1 aliphatic rings. The van der Waals surface area contributed by atoms with Gasteiger partial charge in [0.05, 0.1) is 30.4 Å². The molecule has 0 atom stereocenters. The fourth-order valence-electron chi connectivity index (χ4n) is 3.57. The molecule has 158 valence electrons. The third kappa shape index (κ3) is 4.43. The molecule has 1 heterocycles. The predicted octanol–water partition coefficient (Wildman–Crippen LogP) is 3.87. The molecule has 1 fully saturated rings. The van der Waals surface area contributed by atoms with Gasteiger partial charge in [-0.3, -0.25) is 0 Å². The Morgan fingerprint density at radius 1 is 1.00 bits per heavy atom. The van der Waals surface area contributed by atoms with Gasteiger partial charge in [0.2, 0.25) is 10.0 Å². The fraction of sp³-hybridized carbons (Fsp3) is 0.304. The average Bonchev–Trinajstić information content (AvgIpc) is 2.79. The maximum absolute atomic E-state index is 13.0. The molecule has 7 heteroatoms. The lowest BCUT2D eigenvalue weighted by molar-refractivity contribution is 0.0730. The number of ether oxygens (including phenoxy) is 2. The maximum atomic E-state index is 13.0. The smallest absolute Gasteiger partial charge is 0.243 e. The van der Waals surface area contributed by atoms with Gasteiger partial charge in [-0.1, -0.05) is 36.4 Å². The molecule has 0 aliphatic carbocycles. The Hall–Kier alpha value is -2.61. The zero-order valence-corrected chi connectivity index (χ0v) is 17.8. The van der Waals surface area contributed by atoms with Crippen LogP contribution in [0, 0.1) is 0 Å². The van der Waals surface area contributed by atoms with Gasteiger partial charge in [0.1, 0.15) is 5.75 Å². The van der Waals surface area contributed by atoms with E-state index in [4.69, 9.17) is 9.47 Å². The van der Waals surface area contributed by atoms with E-state index in [0.717, 1.165) is 5.56 Å². The molecule has 1 aliphatic heterocycles. The van der Waals surface area contributed by atoms with Crippen LogP contribution >= 0.6 is 0 Å². The zero-order valence-electron chi connectivity index (χ0n) is 17.0. The summed E-state index contributed by atoms with van der Waals surface area (Å²) in [6.07, 6.45) is 0. The molecule has 0 saturated carbocycles. The number of hydrogen-bond acceptors (Lipinski definition) is 5. The first-order chi connectivity index (χ1) is 14.6. The summed E-state index contributed by atoms with van der Waals surface area (Å²) in [5, 5.41) is 5.72. The van der Waals surface area contributed by atoms with Gasteiger partial charge >= 0.3 is 0 Å². The quantitative estimate of drug-likeness (QED) is 0.621. The molecule has 1 N–H and O–H groups in total. The standard InChI is InChI=1S/C23H26N2O4S/c1-2-29-23-10-9-21(30(26,27)25-11-13-28-14-12-25)16-22(23)24-17-18-7-8-19-5-3-4-6-20(19)15-18/h3-10,15-16,24H,2,11-14,17H2,1H3. The van der Waals surface area contributed by atoms with Crippen LogP contribution in [0.1, 0.15) is 12.5 Å². The van der Waals surface area contributed by atoms with Crippen molar-refractivity contribution in [2.45, 2.75) is 18.4 Å². The molecule has 0 unspecified atom stereocenters. The van der Waals surface area contributed by atoms with Crippen molar-refractivity contribution in [1.82, 2.24) is 4.31 Å². The second-order valence-electron chi connectivity index (χ2n) is 7.14. The van der Waals surface area contributed by atoms with E-state index in [-0.39, 0.29) is 4.90 Å². The summed E-state index contributed by atoms with van der Waals surface area (Å²) in [7, 11) is -3.57. The second-order valence-corrected chi connectivity index (χ2v) is 9.08. The van der Waals surface area contributed by atoms with Crippen molar-refractivity contribution >= 4 is 26.5 Å². The minimum absolute atomic E-state index is 0.258. The molecule has 0 radical (unpaired) electrons. The van der Waals surface area contributed by atoms with Crippen molar-refractivity contribution < 1.29 is 17.9 Å².